The predicted molar refractivity (Wildman–Crippen MR) is 92.2 cm³/mol. The van der Waals surface area contributed by atoms with Crippen molar-refractivity contribution in [3.8, 4) is 0 Å². The van der Waals surface area contributed by atoms with E-state index in [9.17, 15) is 4.39 Å². The summed E-state index contributed by atoms with van der Waals surface area (Å²) in [6.07, 6.45) is 8.30. The van der Waals surface area contributed by atoms with Gasteiger partial charge in [0.05, 0.1) is 12.4 Å². The second-order valence-electron chi connectivity index (χ2n) is 6.56. The van der Waals surface area contributed by atoms with E-state index in [2.05, 4.69) is 20.2 Å². The third-order valence-electron chi connectivity index (χ3n) is 4.72. The molecule has 23 heavy (non-hydrogen) atoms. The number of nitrogens with zero attached hydrogens (tertiary/aromatic N) is 3. The van der Waals surface area contributed by atoms with E-state index in [1.54, 1.807) is 6.07 Å². The molecule has 0 bridgehead atoms. The van der Waals surface area contributed by atoms with Crippen molar-refractivity contribution in [1.82, 2.24) is 10.2 Å². The van der Waals surface area contributed by atoms with Gasteiger partial charge in [0.2, 0.25) is 5.96 Å². The topological polar surface area (TPSA) is 40.0 Å². The van der Waals surface area contributed by atoms with Crippen LogP contribution in [0.3, 0.4) is 0 Å². The number of hydrogen-bond donors (Lipinski definition) is 1. The molecule has 2 aliphatic rings. The molecule has 0 saturated heterocycles. The molecule has 0 spiro atoms. The summed E-state index contributed by atoms with van der Waals surface area (Å²) < 4.78 is 14.0. The highest BCUT2D eigenvalue weighted by Crippen LogP contribution is 2.23. The number of rotatable bonds is 3. The zero-order valence-electron chi connectivity index (χ0n) is 13.9. The van der Waals surface area contributed by atoms with Crippen molar-refractivity contribution in [2.45, 2.75) is 58.0 Å². The SMILES string of the molecule is Cc1ccc(F)c([C@H](C)NC2=NCN(C3CCCCC3)C=N2)c1. The minimum Gasteiger partial charge on any atom is -0.348 e. The Bertz CT molecular complexity index is 605. The lowest BCUT2D eigenvalue weighted by atomic mass is 9.95. The van der Waals surface area contributed by atoms with Crippen molar-refractivity contribution in [1.29, 1.82) is 0 Å². The molecule has 0 radical (unpaired) electrons. The molecule has 1 fully saturated rings. The van der Waals surface area contributed by atoms with Crippen molar-refractivity contribution in [2.75, 3.05) is 6.67 Å². The second-order valence-corrected chi connectivity index (χ2v) is 6.56. The first-order valence-corrected chi connectivity index (χ1v) is 8.50. The van der Waals surface area contributed by atoms with Crippen LogP contribution in [0, 0.1) is 12.7 Å². The Morgan fingerprint density at radius 1 is 1.26 bits per heavy atom. The number of nitrogens with one attached hydrogen (secondary N) is 1. The van der Waals surface area contributed by atoms with Crippen LogP contribution in [0.1, 0.15) is 56.2 Å². The van der Waals surface area contributed by atoms with Gasteiger partial charge in [-0.25, -0.2) is 14.4 Å². The van der Waals surface area contributed by atoms with E-state index in [1.807, 2.05) is 26.3 Å². The molecule has 1 saturated carbocycles. The third-order valence-corrected chi connectivity index (χ3v) is 4.72. The Morgan fingerprint density at radius 2 is 2.04 bits per heavy atom. The van der Waals surface area contributed by atoms with Gasteiger partial charge in [-0.15, -0.1) is 0 Å². The molecule has 1 aliphatic heterocycles. The minimum absolute atomic E-state index is 0.160. The van der Waals surface area contributed by atoms with Gasteiger partial charge in [0, 0.05) is 11.6 Å². The fourth-order valence-corrected chi connectivity index (χ4v) is 3.33. The Labute approximate surface area is 137 Å². The fraction of sp³-hybridized carbons (Fsp3) is 0.556. The molecule has 1 atom stereocenters. The average molecular weight is 316 g/mol. The standard InChI is InChI=1S/C18H25FN4/c1-13-8-9-17(19)16(10-13)14(2)22-18-20-11-23(12-21-18)15-6-4-3-5-7-15/h8-11,14-15H,3-7,12H2,1-2H3,(H,21,22)/t14-/m0/s1. The average Bonchev–Trinajstić information content (AvgIpc) is 2.58. The van der Waals surface area contributed by atoms with Gasteiger partial charge in [0.1, 0.15) is 12.5 Å². The van der Waals surface area contributed by atoms with E-state index in [0.29, 0.717) is 24.2 Å². The summed E-state index contributed by atoms with van der Waals surface area (Å²) in [6.45, 7) is 4.54. The highest BCUT2D eigenvalue weighted by Gasteiger charge is 2.21. The van der Waals surface area contributed by atoms with Gasteiger partial charge in [-0.2, -0.15) is 0 Å². The van der Waals surface area contributed by atoms with Crippen molar-refractivity contribution in [3.05, 3.63) is 35.1 Å². The lowest BCUT2D eigenvalue weighted by molar-refractivity contribution is 0.253. The fourth-order valence-electron chi connectivity index (χ4n) is 3.33. The molecule has 124 valence electrons. The monoisotopic (exact) mass is 316 g/mol. The molecule has 1 aliphatic carbocycles. The van der Waals surface area contributed by atoms with Crippen LogP contribution < -0.4 is 5.32 Å². The summed E-state index contributed by atoms with van der Waals surface area (Å²) in [5.74, 6) is 0.394. The Balaban J connectivity index is 1.60. The number of halogens is 1. The first kappa shape index (κ1) is 16.0. The first-order valence-electron chi connectivity index (χ1n) is 8.50. The highest BCUT2D eigenvalue weighted by atomic mass is 19.1. The molecule has 4 nitrogen and oxygen atoms in total. The number of aryl methyl sites for hydroxylation is 1. The molecule has 0 amide bonds. The zero-order chi connectivity index (χ0) is 16.2. The van der Waals surface area contributed by atoms with Crippen LogP contribution in [0.15, 0.2) is 28.2 Å². The summed E-state index contributed by atoms with van der Waals surface area (Å²) in [6, 6.07) is 5.58. The highest BCUT2D eigenvalue weighted by molar-refractivity contribution is 5.89. The number of hydrogen-bond acceptors (Lipinski definition) is 4. The number of benzene rings is 1. The van der Waals surface area contributed by atoms with Crippen LogP contribution in [-0.2, 0) is 0 Å². The van der Waals surface area contributed by atoms with E-state index in [-0.39, 0.29) is 11.9 Å². The summed E-state index contributed by atoms with van der Waals surface area (Å²) >= 11 is 0. The Kier molecular flexibility index (Phi) is 4.94. The molecule has 1 heterocycles. The van der Waals surface area contributed by atoms with Crippen molar-refractivity contribution >= 4 is 12.3 Å². The number of guanidine groups is 1. The van der Waals surface area contributed by atoms with Gasteiger partial charge in [0.15, 0.2) is 0 Å². The second kappa shape index (κ2) is 7.11. The normalized spacial score (nSPS) is 20.3. The maximum absolute atomic E-state index is 14.0. The van der Waals surface area contributed by atoms with E-state index < -0.39 is 0 Å². The Hall–Kier alpha value is -1.91. The lowest BCUT2D eigenvalue weighted by Gasteiger charge is -2.33. The smallest absolute Gasteiger partial charge is 0.221 e. The van der Waals surface area contributed by atoms with E-state index in [1.165, 1.54) is 38.2 Å². The summed E-state index contributed by atoms with van der Waals surface area (Å²) in [4.78, 5) is 11.2. The van der Waals surface area contributed by atoms with Gasteiger partial charge in [-0.05, 0) is 32.8 Å². The molecule has 5 heteroatoms. The molecule has 0 unspecified atom stereocenters. The molecule has 1 N–H and O–H groups in total. The predicted octanol–water partition coefficient (Wildman–Crippen LogP) is 3.77. The molecule has 1 aromatic rings. The lowest BCUT2D eigenvalue weighted by Crippen LogP contribution is -2.40. The van der Waals surface area contributed by atoms with Crippen LogP contribution in [0.25, 0.3) is 0 Å². The number of aliphatic imine (C=N–C) groups is 2. The van der Waals surface area contributed by atoms with E-state index >= 15 is 0 Å². The third kappa shape index (κ3) is 3.89. The van der Waals surface area contributed by atoms with E-state index in [4.69, 9.17) is 0 Å². The maximum Gasteiger partial charge on any atom is 0.221 e. The molecule has 1 aromatic carbocycles. The van der Waals surface area contributed by atoms with Gasteiger partial charge in [-0.1, -0.05) is 37.0 Å². The summed E-state index contributed by atoms with van der Waals surface area (Å²) in [5, 5.41) is 3.21. The molecule has 3 rings (SSSR count). The quantitative estimate of drug-likeness (QED) is 0.922. The van der Waals surface area contributed by atoms with Gasteiger partial charge >= 0.3 is 0 Å². The molecule has 0 aromatic heterocycles. The van der Waals surface area contributed by atoms with Crippen LogP contribution in [0.2, 0.25) is 0 Å². The van der Waals surface area contributed by atoms with Crippen LogP contribution in [-0.4, -0.2) is 29.9 Å². The molecular weight excluding hydrogens is 291 g/mol. The molecular formula is C18H25FN4. The van der Waals surface area contributed by atoms with Crippen molar-refractivity contribution in [3.63, 3.8) is 0 Å². The summed E-state index contributed by atoms with van der Waals surface area (Å²) in [7, 11) is 0. The van der Waals surface area contributed by atoms with Crippen molar-refractivity contribution < 1.29 is 4.39 Å². The van der Waals surface area contributed by atoms with Crippen LogP contribution >= 0.6 is 0 Å². The first-order chi connectivity index (χ1) is 11.1. The zero-order valence-corrected chi connectivity index (χ0v) is 13.9. The minimum atomic E-state index is -0.195. The van der Waals surface area contributed by atoms with Crippen molar-refractivity contribution in [2.24, 2.45) is 9.98 Å². The largest absolute Gasteiger partial charge is 0.348 e. The van der Waals surface area contributed by atoms with Gasteiger partial charge in [-0.3, -0.25) is 0 Å². The van der Waals surface area contributed by atoms with Gasteiger partial charge in [0.25, 0.3) is 0 Å². The van der Waals surface area contributed by atoms with E-state index in [0.717, 1.165) is 5.56 Å². The summed E-state index contributed by atoms with van der Waals surface area (Å²) in [5.41, 5.74) is 1.70. The maximum atomic E-state index is 14.0. The van der Waals surface area contributed by atoms with Crippen LogP contribution in [0.4, 0.5) is 4.39 Å². The van der Waals surface area contributed by atoms with Crippen LogP contribution in [0.5, 0.6) is 0 Å². The van der Waals surface area contributed by atoms with Gasteiger partial charge < -0.3 is 10.2 Å². The Morgan fingerprint density at radius 3 is 2.74 bits per heavy atom.